The lowest BCUT2D eigenvalue weighted by molar-refractivity contribution is -0.243. The number of halogens is 5. The highest BCUT2D eigenvalue weighted by atomic mass is 35.5. The van der Waals surface area contributed by atoms with Crippen molar-refractivity contribution in [3.8, 4) is 0 Å². The van der Waals surface area contributed by atoms with Crippen LogP contribution in [-0.2, 0) is 15.2 Å². The van der Waals surface area contributed by atoms with Gasteiger partial charge in [-0.05, 0) is 12.1 Å². The Bertz CT molecular complexity index is 437. The fraction of sp³-hybridized carbons (Fsp3) is 0.333. The van der Waals surface area contributed by atoms with E-state index in [1.807, 2.05) is 0 Å². The molecule has 1 heterocycles. The third kappa shape index (κ3) is 2.33. The summed E-state index contributed by atoms with van der Waals surface area (Å²) < 4.78 is 55.5. The molecule has 0 aromatic carbocycles. The van der Waals surface area contributed by atoms with Crippen LogP contribution in [0.2, 0.25) is 5.02 Å². The van der Waals surface area contributed by atoms with Gasteiger partial charge in [0.25, 0.3) is 0 Å². The topological polar surface area (TPSA) is 39.2 Å². The van der Waals surface area contributed by atoms with Crippen LogP contribution in [0.25, 0.3) is 0 Å². The summed E-state index contributed by atoms with van der Waals surface area (Å²) in [7, 11) is 0.646. The standard InChI is InChI=1S/C9H6ClF4NO2/c1-17-7(16)8(11,9(12,13)14)6-4-5(10)2-3-15-6/h2-4H,1H3. The first-order chi connectivity index (χ1) is 7.73. The van der Waals surface area contributed by atoms with Gasteiger partial charge in [-0.15, -0.1) is 0 Å². The van der Waals surface area contributed by atoms with Crippen LogP contribution in [0.5, 0.6) is 0 Å². The van der Waals surface area contributed by atoms with E-state index in [1.54, 1.807) is 0 Å². The molecule has 0 aliphatic rings. The molecule has 3 nitrogen and oxygen atoms in total. The molecule has 17 heavy (non-hydrogen) atoms. The number of hydrogen-bond donors (Lipinski definition) is 0. The summed E-state index contributed by atoms with van der Waals surface area (Å²) in [5, 5.41) is -0.176. The van der Waals surface area contributed by atoms with Crippen molar-refractivity contribution in [2.24, 2.45) is 0 Å². The number of esters is 1. The molecule has 1 aromatic rings. The number of aromatic nitrogens is 1. The molecule has 0 bridgehead atoms. The fourth-order valence-corrected chi connectivity index (χ4v) is 1.26. The summed E-state index contributed by atoms with van der Waals surface area (Å²) in [6.45, 7) is 0. The lowest BCUT2D eigenvalue weighted by Crippen LogP contribution is -2.46. The Morgan fingerprint density at radius 2 is 2.00 bits per heavy atom. The molecule has 0 saturated carbocycles. The molecular formula is C9H6ClF4NO2. The van der Waals surface area contributed by atoms with E-state index in [1.165, 1.54) is 0 Å². The molecule has 1 aromatic heterocycles. The molecule has 0 aliphatic carbocycles. The summed E-state index contributed by atoms with van der Waals surface area (Å²) in [5.41, 5.74) is -5.49. The van der Waals surface area contributed by atoms with Crippen LogP contribution < -0.4 is 0 Å². The predicted molar refractivity (Wildman–Crippen MR) is 50.1 cm³/mol. The minimum Gasteiger partial charge on any atom is -0.466 e. The average Bonchev–Trinajstić information content (AvgIpc) is 2.25. The second-order valence-corrected chi connectivity index (χ2v) is 3.44. The number of alkyl halides is 4. The molecule has 0 amide bonds. The highest BCUT2D eigenvalue weighted by Crippen LogP contribution is 2.43. The third-order valence-corrected chi connectivity index (χ3v) is 2.17. The van der Waals surface area contributed by atoms with E-state index in [0.29, 0.717) is 13.2 Å². The van der Waals surface area contributed by atoms with Crippen molar-refractivity contribution in [1.29, 1.82) is 0 Å². The van der Waals surface area contributed by atoms with E-state index in [2.05, 4.69) is 9.72 Å². The SMILES string of the molecule is COC(=O)C(F)(c1cc(Cl)ccn1)C(F)(F)F. The molecule has 0 saturated heterocycles. The van der Waals surface area contributed by atoms with Gasteiger partial charge in [0.15, 0.2) is 0 Å². The summed E-state index contributed by atoms with van der Waals surface area (Å²) >= 11 is 5.42. The maximum absolute atomic E-state index is 13.9. The lowest BCUT2D eigenvalue weighted by Gasteiger charge is -2.24. The Balaban J connectivity index is 3.40. The van der Waals surface area contributed by atoms with Gasteiger partial charge in [0.2, 0.25) is 0 Å². The number of pyridine rings is 1. The lowest BCUT2D eigenvalue weighted by atomic mass is 10.0. The van der Waals surface area contributed by atoms with Crippen LogP contribution in [0.1, 0.15) is 5.69 Å². The largest absolute Gasteiger partial charge is 0.466 e. The van der Waals surface area contributed by atoms with Gasteiger partial charge in [-0.2, -0.15) is 13.2 Å². The number of hydrogen-bond acceptors (Lipinski definition) is 3. The van der Waals surface area contributed by atoms with Crippen LogP contribution in [0.15, 0.2) is 18.3 Å². The molecule has 0 spiro atoms. The first kappa shape index (κ1) is 13.7. The zero-order valence-corrected chi connectivity index (χ0v) is 9.14. The van der Waals surface area contributed by atoms with E-state index in [4.69, 9.17) is 11.6 Å². The summed E-state index contributed by atoms with van der Waals surface area (Å²) in [6.07, 6.45) is -4.63. The molecule has 94 valence electrons. The second kappa shape index (κ2) is 4.48. The Hall–Kier alpha value is -1.37. The second-order valence-electron chi connectivity index (χ2n) is 3.01. The monoisotopic (exact) mass is 271 g/mol. The Labute approximate surface area is 98.4 Å². The van der Waals surface area contributed by atoms with Crippen molar-refractivity contribution in [2.75, 3.05) is 7.11 Å². The molecule has 1 rings (SSSR count). The Morgan fingerprint density at radius 1 is 1.41 bits per heavy atom. The zero-order valence-electron chi connectivity index (χ0n) is 8.39. The van der Waals surface area contributed by atoms with Crippen molar-refractivity contribution in [1.82, 2.24) is 4.98 Å². The molecule has 1 unspecified atom stereocenters. The van der Waals surface area contributed by atoms with Gasteiger partial charge < -0.3 is 4.74 Å². The molecule has 8 heteroatoms. The van der Waals surface area contributed by atoms with Crippen molar-refractivity contribution in [2.45, 2.75) is 11.8 Å². The maximum atomic E-state index is 13.9. The van der Waals surface area contributed by atoms with Gasteiger partial charge in [-0.1, -0.05) is 11.6 Å². The van der Waals surface area contributed by atoms with E-state index in [0.717, 1.165) is 12.3 Å². The van der Waals surface area contributed by atoms with Crippen molar-refractivity contribution >= 4 is 17.6 Å². The van der Waals surface area contributed by atoms with Gasteiger partial charge in [-0.25, -0.2) is 9.18 Å². The minimum absolute atomic E-state index is 0.176. The quantitative estimate of drug-likeness (QED) is 0.613. The molecule has 0 aliphatic heterocycles. The third-order valence-electron chi connectivity index (χ3n) is 1.93. The highest BCUT2D eigenvalue weighted by Gasteiger charge is 2.65. The van der Waals surface area contributed by atoms with Crippen LogP contribution in [0, 0.1) is 0 Å². The molecular weight excluding hydrogens is 266 g/mol. The van der Waals surface area contributed by atoms with E-state index >= 15 is 0 Å². The predicted octanol–water partition coefficient (Wildman–Crippen LogP) is 2.64. The number of ether oxygens (including phenoxy) is 1. The van der Waals surface area contributed by atoms with Gasteiger partial charge in [0.1, 0.15) is 0 Å². The number of carbonyl (C=O) groups excluding carboxylic acids is 1. The van der Waals surface area contributed by atoms with E-state index in [9.17, 15) is 22.4 Å². The van der Waals surface area contributed by atoms with E-state index in [-0.39, 0.29) is 5.02 Å². The first-order valence-corrected chi connectivity index (χ1v) is 4.57. The minimum atomic E-state index is -5.49. The van der Waals surface area contributed by atoms with Gasteiger partial charge in [0, 0.05) is 11.2 Å². The number of carbonyl (C=O) groups is 1. The fourth-order valence-electron chi connectivity index (χ4n) is 1.10. The van der Waals surface area contributed by atoms with Gasteiger partial charge in [0.05, 0.1) is 12.8 Å². The normalized spacial score (nSPS) is 15.2. The van der Waals surface area contributed by atoms with E-state index < -0.39 is 23.5 Å². The van der Waals surface area contributed by atoms with Gasteiger partial charge >= 0.3 is 17.8 Å². The van der Waals surface area contributed by atoms with Crippen molar-refractivity contribution in [3.05, 3.63) is 29.0 Å². The molecule has 0 N–H and O–H groups in total. The van der Waals surface area contributed by atoms with Crippen molar-refractivity contribution in [3.63, 3.8) is 0 Å². The zero-order chi connectivity index (χ0) is 13.3. The smallest absolute Gasteiger partial charge is 0.439 e. The van der Waals surface area contributed by atoms with Crippen LogP contribution in [0.4, 0.5) is 17.6 Å². The summed E-state index contributed by atoms with van der Waals surface area (Å²) in [4.78, 5) is 14.2. The Kier molecular flexibility index (Phi) is 3.61. The van der Waals surface area contributed by atoms with Crippen LogP contribution in [-0.4, -0.2) is 24.2 Å². The summed E-state index contributed by atoms with van der Waals surface area (Å²) in [6, 6.07) is 1.77. The molecule has 0 radical (unpaired) electrons. The first-order valence-electron chi connectivity index (χ1n) is 4.19. The Morgan fingerprint density at radius 3 is 2.41 bits per heavy atom. The van der Waals surface area contributed by atoms with Crippen LogP contribution in [0.3, 0.4) is 0 Å². The molecule has 1 atom stereocenters. The van der Waals surface area contributed by atoms with Crippen LogP contribution >= 0.6 is 11.6 Å². The summed E-state index contributed by atoms with van der Waals surface area (Å²) in [5.74, 6) is -2.10. The average molecular weight is 272 g/mol. The van der Waals surface area contributed by atoms with Crippen molar-refractivity contribution < 1.29 is 27.1 Å². The number of methoxy groups -OCH3 is 1. The number of nitrogens with zero attached hydrogens (tertiary/aromatic N) is 1. The number of rotatable bonds is 2. The van der Waals surface area contributed by atoms with Gasteiger partial charge in [-0.3, -0.25) is 4.98 Å². The molecule has 0 fully saturated rings. The highest BCUT2D eigenvalue weighted by molar-refractivity contribution is 6.30. The maximum Gasteiger partial charge on any atom is 0.439 e.